The zero-order valence-electron chi connectivity index (χ0n) is 15.1. The van der Waals surface area contributed by atoms with E-state index in [1.54, 1.807) is 37.1 Å². The molecule has 0 aliphatic rings. The number of benzene rings is 2. The first-order valence-electron chi connectivity index (χ1n) is 8.18. The minimum Gasteiger partial charge on any atom is -0.325 e. The molecular formula is C18H18Cl2N4O4. The molecule has 0 bridgehead atoms. The van der Waals surface area contributed by atoms with Gasteiger partial charge in [-0.15, -0.1) is 0 Å². The third-order valence-electron chi connectivity index (χ3n) is 4.01. The Labute approximate surface area is 171 Å². The van der Waals surface area contributed by atoms with Gasteiger partial charge in [0.1, 0.15) is 0 Å². The average Bonchev–Trinajstić information content (AvgIpc) is 2.64. The van der Waals surface area contributed by atoms with Crippen LogP contribution in [0.4, 0.5) is 17.1 Å². The van der Waals surface area contributed by atoms with Crippen LogP contribution in [0.5, 0.6) is 0 Å². The van der Waals surface area contributed by atoms with Crippen LogP contribution in [0.3, 0.4) is 0 Å². The molecule has 148 valence electrons. The van der Waals surface area contributed by atoms with Crippen LogP contribution in [0.25, 0.3) is 0 Å². The highest BCUT2D eigenvalue weighted by Crippen LogP contribution is 2.29. The maximum absolute atomic E-state index is 12.4. The fourth-order valence-electron chi connectivity index (χ4n) is 2.27. The highest BCUT2D eigenvalue weighted by Gasteiger charge is 2.21. The molecule has 2 aromatic rings. The Morgan fingerprint density at radius 1 is 1.11 bits per heavy atom. The summed E-state index contributed by atoms with van der Waals surface area (Å²) in [5, 5.41) is 16.6. The number of carbonyl (C=O) groups is 2. The van der Waals surface area contributed by atoms with Gasteiger partial charge in [0, 0.05) is 17.8 Å². The molecule has 0 aliphatic heterocycles. The number of nitro benzene ring substituents is 1. The molecule has 0 radical (unpaired) electrons. The molecule has 0 aromatic heterocycles. The monoisotopic (exact) mass is 424 g/mol. The van der Waals surface area contributed by atoms with Crippen molar-refractivity contribution in [2.45, 2.75) is 13.0 Å². The van der Waals surface area contributed by atoms with E-state index in [4.69, 9.17) is 23.2 Å². The van der Waals surface area contributed by atoms with Crippen LogP contribution < -0.4 is 10.6 Å². The molecule has 10 heteroatoms. The number of nitrogens with zero attached hydrogens (tertiary/aromatic N) is 2. The van der Waals surface area contributed by atoms with E-state index < -0.39 is 11.0 Å². The summed E-state index contributed by atoms with van der Waals surface area (Å²) in [5.41, 5.74) is 0.661. The third kappa shape index (κ3) is 5.66. The summed E-state index contributed by atoms with van der Waals surface area (Å²) in [6.07, 6.45) is 0. The average molecular weight is 425 g/mol. The SMILES string of the molecule is CC(C(=O)Nc1ccc([N+](=O)[O-])cc1)N(C)CC(=O)Nc1c(Cl)cccc1Cl. The van der Waals surface area contributed by atoms with Crippen LogP contribution in [-0.4, -0.2) is 41.3 Å². The number of halogens is 2. The Kier molecular flexibility index (Phi) is 7.33. The Morgan fingerprint density at radius 3 is 2.21 bits per heavy atom. The summed E-state index contributed by atoms with van der Waals surface area (Å²) in [7, 11) is 1.62. The van der Waals surface area contributed by atoms with Crippen LogP contribution in [0.1, 0.15) is 6.92 Å². The molecule has 2 aromatic carbocycles. The van der Waals surface area contributed by atoms with E-state index in [1.165, 1.54) is 24.3 Å². The van der Waals surface area contributed by atoms with Crippen molar-refractivity contribution >= 4 is 52.1 Å². The number of amides is 2. The fourth-order valence-corrected chi connectivity index (χ4v) is 2.76. The Bertz CT molecular complexity index is 869. The van der Waals surface area contributed by atoms with Crippen molar-refractivity contribution in [2.24, 2.45) is 0 Å². The second-order valence-electron chi connectivity index (χ2n) is 6.03. The molecule has 0 heterocycles. The minimum atomic E-state index is -0.636. The predicted molar refractivity (Wildman–Crippen MR) is 109 cm³/mol. The molecule has 0 fully saturated rings. The second kappa shape index (κ2) is 9.50. The predicted octanol–water partition coefficient (Wildman–Crippen LogP) is 3.80. The van der Waals surface area contributed by atoms with E-state index >= 15 is 0 Å². The van der Waals surface area contributed by atoms with Gasteiger partial charge in [-0.25, -0.2) is 0 Å². The van der Waals surface area contributed by atoms with Crippen LogP contribution >= 0.6 is 23.2 Å². The smallest absolute Gasteiger partial charge is 0.269 e. The molecule has 2 rings (SSSR count). The number of nitrogens with one attached hydrogen (secondary N) is 2. The van der Waals surface area contributed by atoms with Crippen LogP contribution in [-0.2, 0) is 9.59 Å². The summed E-state index contributed by atoms with van der Waals surface area (Å²) >= 11 is 12.1. The van der Waals surface area contributed by atoms with Gasteiger partial charge in [0.25, 0.3) is 5.69 Å². The molecule has 28 heavy (non-hydrogen) atoms. The largest absolute Gasteiger partial charge is 0.325 e. The summed E-state index contributed by atoms with van der Waals surface area (Å²) in [6, 6.07) is 9.71. The highest BCUT2D eigenvalue weighted by molar-refractivity contribution is 6.39. The van der Waals surface area contributed by atoms with Gasteiger partial charge in [-0.05, 0) is 38.2 Å². The molecule has 1 unspecified atom stereocenters. The van der Waals surface area contributed by atoms with Gasteiger partial charge in [0.05, 0.1) is 33.2 Å². The van der Waals surface area contributed by atoms with Crippen molar-refractivity contribution in [3.05, 3.63) is 62.6 Å². The first kappa shape index (κ1) is 21.6. The molecule has 2 N–H and O–H groups in total. The minimum absolute atomic E-state index is 0.0712. The number of non-ortho nitro benzene ring substituents is 1. The molecule has 0 saturated carbocycles. The zero-order valence-corrected chi connectivity index (χ0v) is 16.6. The summed E-state index contributed by atoms with van der Waals surface area (Å²) in [6.45, 7) is 1.56. The second-order valence-corrected chi connectivity index (χ2v) is 6.84. The molecule has 8 nitrogen and oxygen atoms in total. The van der Waals surface area contributed by atoms with E-state index in [2.05, 4.69) is 10.6 Å². The van der Waals surface area contributed by atoms with Crippen molar-refractivity contribution < 1.29 is 14.5 Å². The number of carbonyl (C=O) groups excluding carboxylic acids is 2. The van der Waals surface area contributed by atoms with E-state index in [1.807, 2.05) is 0 Å². The van der Waals surface area contributed by atoms with Gasteiger partial charge in [0.15, 0.2) is 0 Å². The third-order valence-corrected chi connectivity index (χ3v) is 4.64. The van der Waals surface area contributed by atoms with Crippen molar-refractivity contribution in [2.75, 3.05) is 24.2 Å². The van der Waals surface area contributed by atoms with Gasteiger partial charge < -0.3 is 10.6 Å². The number of hydrogen-bond donors (Lipinski definition) is 2. The van der Waals surface area contributed by atoms with E-state index in [0.29, 0.717) is 21.4 Å². The first-order chi connectivity index (χ1) is 13.2. The van der Waals surface area contributed by atoms with E-state index in [9.17, 15) is 19.7 Å². The Hall–Kier alpha value is -2.68. The van der Waals surface area contributed by atoms with Crippen molar-refractivity contribution in [1.29, 1.82) is 0 Å². The topological polar surface area (TPSA) is 105 Å². The van der Waals surface area contributed by atoms with Gasteiger partial charge in [0.2, 0.25) is 11.8 Å². The molecule has 0 saturated heterocycles. The van der Waals surface area contributed by atoms with Crippen molar-refractivity contribution in [3.8, 4) is 0 Å². The lowest BCUT2D eigenvalue weighted by molar-refractivity contribution is -0.384. The van der Waals surface area contributed by atoms with Crippen molar-refractivity contribution in [3.63, 3.8) is 0 Å². The molecule has 1 atom stereocenters. The van der Waals surface area contributed by atoms with Crippen LogP contribution in [0.15, 0.2) is 42.5 Å². The van der Waals surface area contributed by atoms with Gasteiger partial charge in [-0.3, -0.25) is 24.6 Å². The number of nitro groups is 1. The molecule has 2 amide bonds. The van der Waals surface area contributed by atoms with Crippen LogP contribution in [0.2, 0.25) is 10.0 Å². The van der Waals surface area contributed by atoms with Crippen LogP contribution in [0, 0.1) is 10.1 Å². The lowest BCUT2D eigenvalue weighted by Crippen LogP contribution is -2.43. The van der Waals surface area contributed by atoms with Gasteiger partial charge in [-0.2, -0.15) is 0 Å². The normalized spacial score (nSPS) is 11.8. The number of para-hydroxylation sites is 1. The zero-order chi connectivity index (χ0) is 20.8. The van der Waals surface area contributed by atoms with Gasteiger partial charge in [-0.1, -0.05) is 29.3 Å². The highest BCUT2D eigenvalue weighted by atomic mass is 35.5. The Balaban J connectivity index is 1.93. The van der Waals surface area contributed by atoms with Gasteiger partial charge >= 0.3 is 0 Å². The summed E-state index contributed by atoms with van der Waals surface area (Å²) in [4.78, 5) is 36.3. The number of anilines is 2. The molecular weight excluding hydrogens is 407 g/mol. The maximum Gasteiger partial charge on any atom is 0.269 e. The Morgan fingerprint density at radius 2 is 1.68 bits per heavy atom. The summed E-state index contributed by atoms with van der Waals surface area (Å²) < 4.78 is 0. The van der Waals surface area contributed by atoms with Crippen molar-refractivity contribution in [1.82, 2.24) is 4.90 Å². The number of likely N-dealkylation sites (N-methyl/N-ethyl adjacent to an activating group) is 1. The van der Waals surface area contributed by atoms with E-state index in [-0.39, 0.29) is 24.0 Å². The lowest BCUT2D eigenvalue weighted by Gasteiger charge is -2.23. The molecule has 0 aliphatic carbocycles. The standard InChI is InChI=1S/C18H18Cl2N4O4/c1-11(18(26)21-12-6-8-13(9-7-12)24(27)28)23(2)10-16(25)22-17-14(19)4-3-5-15(17)20/h3-9,11H,10H2,1-2H3,(H,21,26)(H,22,25). The number of rotatable bonds is 7. The fraction of sp³-hybridized carbons (Fsp3) is 0.222. The maximum atomic E-state index is 12.4. The first-order valence-corrected chi connectivity index (χ1v) is 8.94. The quantitative estimate of drug-likeness (QED) is 0.519. The number of hydrogen-bond acceptors (Lipinski definition) is 5. The molecule has 0 spiro atoms. The van der Waals surface area contributed by atoms with E-state index in [0.717, 1.165) is 0 Å². The summed E-state index contributed by atoms with van der Waals surface area (Å²) in [5.74, 6) is -0.743. The lowest BCUT2D eigenvalue weighted by atomic mass is 10.2.